The van der Waals surface area contributed by atoms with Gasteiger partial charge in [-0.05, 0) is 44.0 Å². The Kier molecular flexibility index (Phi) is 5.87. The van der Waals surface area contributed by atoms with Gasteiger partial charge in [-0.3, -0.25) is 15.0 Å². The van der Waals surface area contributed by atoms with Crippen LogP contribution in [-0.2, 0) is 17.5 Å². The predicted molar refractivity (Wildman–Crippen MR) is 96.5 cm³/mol. The van der Waals surface area contributed by atoms with E-state index in [9.17, 15) is 22.8 Å². The smallest absolute Gasteiger partial charge is 0.341 e. The number of para-hydroxylation sites is 2. The fourth-order valence-electron chi connectivity index (χ4n) is 3.49. The van der Waals surface area contributed by atoms with Crippen molar-refractivity contribution in [3.63, 3.8) is 0 Å². The number of rotatable bonds is 4. The van der Waals surface area contributed by atoms with Crippen LogP contribution in [0, 0.1) is 5.92 Å². The van der Waals surface area contributed by atoms with Gasteiger partial charge in [0.1, 0.15) is 0 Å². The highest BCUT2D eigenvalue weighted by Gasteiger charge is 2.38. The number of carbonyl (C=O) groups excluding carboxylic acids is 2. The van der Waals surface area contributed by atoms with Crippen LogP contribution in [0.4, 0.5) is 18.0 Å². The number of aromatic nitrogens is 2. The van der Waals surface area contributed by atoms with Gasteiger partial charge in [-0.2, -0.15) is 13.2 Å². The van der Waals surface area contributed by atoms with E-state index in [0.717, 1.165) is 0 Å². The zero-order valence-electron chi connectivity index (χ0n) is 15.4. The average molecular weight is 397 g/mol. The van der Waals surface area contributed by atoms with Crippen molar-refractivity contribution >= 4 is 23.0 Å². The highest BCUT2D eigenvalue weighted by Crippen LogP contribution is 2.33. The standard InChI is InChI=1S/C18H22F3N5O2/c1-22-17(28)24-15(27)11-25-8-6-12(7-9-25)10-26-14-5-3-2-4-13(14)23-16(26)18(19,20)21/h2-5,12H,6-11H2,1H3,(H2,22,24,27,28). The lowest BCUT2D eigenvalue weighted by Crippen LogP contribution is -2.45. The summed E-state index contributed by atoms with van der Waals surface area (Å²) in [5, 5.41) is 4.51. The summed E-state index contributed by atoms with van der Waals surface area (Å²) < 4.78 is 41.5. The first-order valence-electron chi connectivity index (χ1n) is 9.04. The third kappa shape index (κ3) is 4.61. The van der Waals surface area contributed by atoms with Crippen LogP contribution in [0.5, 0.6) is 0 Å². The third-order valence-corrected chi connectivity index (χ3v) is 4.90. The number of hydrogen-bond donors (Lipinski definition) is 2. The van der Waals surface area contributed by atoms with Gasteiger partial charge in [-0.15, -0.1) is 0 Å². The summed E-state index contributed by atoms with van der Waals surface area (Å²) in [6.07, 6.45) is -3.19. The number of piperidine rings is 1. The molecule has 28 heavy (non-hydrogen) atoms. The second kappa shape index (κ2) is 8.17. The van der Waals surface area contributed by atoms with Gasteiger partial charge >= 0.3 is 12.2 Å². The van der Waals surface area contributed by atoms with E-state index >= 15 is 0 Å². The van der Waals surface area contributed by atoms with Crippen molar-refractivity contribution in [2.45, 2.75) is 25.6 Å². The molecular formula is C18H22F3N5O2. The molecule has 1 saturated heterocycles. The minimum Gasteiger partial charge on any atom is -0.341 e. The lowest BCUT2D eigenvalue weighted by atomic mass is 9.96. The number of nitrogens with zero attached hydrogens (tertiary/aromatic N) is 3. The lowest BCUT2D eigenvalue weighted by Gasteiger charge is -2.32. The molecule has 7 nitrogen and oxygen atoms in total. The van der Waals surface area contributed by atoms with Crippen molar-refractivity contribution in [1.82, 2.24) is 25.1 Å². The molecule has 2 aromatic rings. The summed E-state index contributed by atoms with van der Waals surface area (Å²) in [4.78, 5) is 28.6. The number of urea groups is 1. The van der Waals surface area contributed by atoms with Crippen molar-refractivity contribution in [2.24, 2.45) is 5.92 Å². The third-order valence-electron chi connectivity index (χ3n) is 4.90. The molecule has 0 radical (unpaired) electrons. The number of halogens is 3. The first kappa shape index (κ1) is 20.1. The van der Waals surface area contributed by atoms with Crippen LogP contribution in [0.2, 0.25) is 0 Å². The SMILES string of the molecule is CNC(=O)NC(=O)CN1CCC(Cn2c(C(F)(F)F)nc3ccccc32)CC1. The summed E-state index contributed by atoms with van der Waals surface area (Å²) >= 11 is 0. The van der Waals surface area contributed by atoms with Gasteiger partial charge in [-0.25, -0.2) is 9.78 Å². The van der Waals surface area contributed by atoms with Gasteiger partial charge in [0.25, 0.3) is 0 Å². The molecule has 2 heterocycles. The summed E-state index contributed by atoms with van der Waals surface area (Å²) in [6, 6.07) is 6.03. The number of imidazole rings is 1. The van der Waals surface area contributed by atoms with Crippen LogP contribution in [0.25, 0.3) is 11.0 Å². The fraction of sp³-hybridized carbons (Fsp3) is 0.500. The summed E-state index contributed by atoms with van der Waals surface area (Å²) in [5.74, 6) is -1.23. The molecule has 0 bridgehead atoms. The number of amides is 3. The Bertz CT molecular complexity index is 857. The first-order chi connectivity index (χ1) is 13.3. The van der Waals surface area contributed by atoms with E-state index < -0.39 is 23.9 Å². The van der Waals surface area contributed by atoms with Crippen molar-refractivity contribution in [3.8, 4) is 0 Å². The highest BCUT2D eigenvalue weighted by molar-refractivity contribution is 5.95. The molecule has 1 aliphatic heterocycles. The number of benzene rings is 1. The van der Waals surface area contributed by atoms with E-state index in [0.29, 0.717) is 37.0 Å². The van der Waals surface area contributed by atoms with E-state index in [4.69, 9.17) is 0 Å². The molecule has 152 valence electrons. The van der Waals surface area contributed by atoms with Gasteiger partial charge < -0.3 is 9.88 Å². The molecule has 1 aromatic carbocycles. The molecule has 0 unspecified atom stereocenters. The van der Waals surface area contributed by atoms with Gasteiger partial charge in [0, 0.05) is 13.6 Å². The van der Waals surface area contributed by atoms with Crippen molar-refractivity contribution in [1.29, 1.82) is 0 Å². The summed E-state index contributed by atoms with van der Waals surface area (Å²) in [6.45, 7) is 1.48. The lowest BCUT2D eigenvalue weighted by molar-refractivity contribution is -0.147. The van der Waals surface area contributed by atoms with Crippen molar-refractivity contribution in [2.75, 3.05) is 26.7 Å². The molecule has 1 aromatic heterocycles. The number of nitrogens with one attached hydrogen (secondary N) is 2. The number of fused-ring (bicyclic) bond motifs is 1. The molecule has 1 aliphatic rings. The topological polar surface area (TPSA) is 79.3 Å². The van der Waals surface area contributed by atoms with E-state index in [-0.39, 0.29) is 19.0 Å². The quantitative estimate of drug-likeness (QED) is 0.829. The Balaban J connectivity index is 1.64. The Labute approximate surface area is 159 Å². The Morgan fingerprint density at radius 3 is 2.54 bits per heavy atom. The number of imide groups is 1. The van der Waals surface area contributed by atoms with Crippen LogP contribution in [0.3, 0.4) is 0 Å². The van der Waals surface area contributed by atoms with E-state index in [1.54, 1.807) is 24.3 Å². The minimum absolute atomic E-state index is 0.0527. The van der Waals surface area contributed by atoms with Gasteiger partial charge in [-0.1, -0.05) is 12.1 Å². The van der Waals surface area contributed by atoms with E-state index in [2.05, 4.69) is 15.6 Å². The molecule has 3 rings (SSSR count). The number of hydrogen-bond acceptors (Lipinski definition) is 4. The zero-order valence-corrected chi connectivity index (χ0v) is 15.4. The Morgan fingerprint density at radius 2 is 1.89 bits per heavy atom. The molecule has 1 fully saturated rings. The maximum absolute atomic E-state index is 13.4. The monoisotopic (exact) mass is 397 g/mol. The van der Waals surface area contributed by atoms with Crippen LogP contribution in [0.1, 0.15) is 18.7 Å². The van der Waals surface area contributed by atoms with Crippen molar-refractivity contribution < 1.29 is 22.8 Å². The van der Waals surface area contributed by atoms with Gasteiger partial charge in [0.2, 0.25) is 11.7 Å². The summed E-state index contributed by atoms with van der Waals surface area (Å²) in [5.41, 5.74) is 0.806. The molecular weight excluding hydrogens is 375 g/mol. The number of alkyl halides is 3. The molecule has 10 heteroatoms. The van der Waals surface area contributed by atoms with E-state index in [1.807, 2.05) is 4.90 Å². The van der Waals surface area contributed by atoms with Crippen LogP contribution in [-0.4, -0.2) is 53.1 Å². The Morgan fingerprint density at radius 1 is 1.21 bits per heavy atom. The molecule has 0 atom stereocenters. The summed E-state index contributed by atoms with van der Waals surface area (Å²) in [7, 11) is 1.42. The molecule has 2 N–H and O–H groups in total. The fourth-order valence-corrected chi connectivity index (χ4v) is 3.49. The molecule has 0 saturated carbocycles. The molecule has 0 spiro atoms. The second-order valence-corrected chi connectivity index (χ2v) is 6.88. The Hall–Kier alpha value is -2.62. The molecule has 0 aliphatic carbocycles. The van der Waals surface area contributed by atoms with Crippen LogP contribution < -0.4 is 10.6 Å². The normalized spacial score (nSPS) is 16.3. The van der Waals surface area contributed by atoms with Crippen LogP contribution >= 0.6 is 0 Å². The number of likely N-dealkylation sites (tertiary alicyclic amines) is 1. The largest absolute Gasteiger partial charge is 0.449 e. The van der Waals surface area contributed by atoms with Crippen LogP contribution in [0.15, 0.2) is 24.3 Å². The number of carbonyl (C=O) groups is 2. The zero-order chi connectivity index (χ0) is 20.3. The first-order valence-corrected chi connectivity index (χ1v) is 9.04. The average Bonchev–Trinajstić information content (AvgIpc) is 3.02. The molecule has 3 amide bonds. The van der Waals surface area contributed by atoms with E-state index in [1.165, 1.54) is 11.6 Å². The maximum atomic E-state index is 13.4. The van der Waals surface area contributed by atoms with Crippen molar-refractivity contribution in [3.05, 3.63) is 30.1 Å². The van der Waals surface area contributed by atoms with Gasteiger partial charge in [0.05, 0.1) is 17.6 Å². The van der Waals surface area contributed by atoms with Gasteiger partial charge in [0.15, 0.2) is 0 Å². The highest BCUT2D eigenvalue weighted by atomic mass is 19.4. The second-order valence-electron chi connectivity index (χ2n) is 6.88. The predicted octanol–water partition coefficient (Wildman–Crippen LogP) is 2.22. The minimum atomic E-state index is -4.52. The maximum Gasteiger partial charge on any atom is 0.449 e.